The molecule has 0 aromatic carbocycles. The van der Waals surface area contributed by atoms with E-state index < -0.39 is 24.0 Å². The SMILES string of the molecule is O=COCC(CCCCCCCCC(CC(=O)O)C(=O)O)OC=O. The zero-order valence-corrected chi connectivity index (χ0v) is 13.7. The molecular formula is C16H26O8. The standard InChI is InChI=1S/C16H26O8/c17-11-23-10-14(24-12-18)8-6-4-2-1-3-5-7-13(16(21)22)9-15(19)20/h11-14H,1-10H2,(H,19,20)(H,21,22). The van der Waals surface area contributed by atoms with E-state index in [1.165, 1.54) is 0 Å². The van der Waals surface area contributed by atoms with Crippen LogP contribution in [-0.2, 0) is 28.7 Å². The molecule has 24 heavy (non-hydrogen) atoms. The molecule has 0 aliphatic rings. The van der Waals surface area contributed by atoms with Crippen LogP contribution in [0.25, 0.3) is 0 Å². The number of carboxylic acid groups (broad SMARTS) is 2. The normalized spacial score (nSPS) is 12.8. The largest absolute Gasteiger partial charge is 0.481 e. The first-order valence-electron chi connectivity index (χ1n) is 8.10. The second-order valence-electron chi connectivity index (χ2n) is 5.62. The maximum Gasteiger partial charge on any atom is 0.307 e. The fourth-order valence-corrected chi connectivity index (χ4v) is 2.41. The van der Waals surface area contributed by atoms with Crippen molar-refractivity contribution in [2.24, 2.45) is 5.92 Å². The van der Waals surface area contributed by atoms with Gasteiger partial charge in [0.15, 0.2) is 0 Å². The fraction of sp³-hybridized carbons (Fsp3) is 0.750. The summed E-state index contributed by atoms with van der Waals surface area (Å²) in [6.07, 6.45) is 5.43. The van der Waals surface area contributed by atoms with E-state index in [1.807, 2.05) is 0 Å². The average molecular weight is 346 g/mol. The molecule has 138 valence electrons. The minimum Gasteiger partial charge on any atom is -0.481 e. The molecule has 0 amide bonds. The van der Waals surface area contributed by atoms with E-state index in [0.29, 0.717) is 32.2 Å². The zero-order valence-electron chi connectivity index (χ0n) is 13.7. The van der Waals surface area contributed by atoms with E-state index in [9.17, 15) is 19.2 Å². The Morgan fingerprint density at radius 3 is 1.96 bits per heavy atom. The lowest BCUT2D eigenvalue weighted by molar-refractivity contribution is -0.148. The Morgan fingerprint density at radius 1 is 0.875 bits per heavy atom. The summed E-state index contributed by atoms with van der Waals surface area (Å²) in [5.74, 6) is -2.97. The predicted molar refractivity (Wildman–Crippen MR) is 83.3 cm³/mol. The van der Waals surface area contributed by atoms with Gasteiger partial charge in [-0.25, -0.2) is 0 Å². The van der Waals surface area contributed by atoms with Gasteiger partial charge in [-0.2, -0.15) is 0 Å². The molecule has 2 N–H and O–H groups in total. The Hall–Kier alpha value is -2.12. The van der Waals surface area contributed by atoms with Gasteiger partial charge < -0.3 is 19.7 Å². The lowest BCUT2D eigenvalue weighted by atomic mass is 9.97. The molecule has 0 saturated heterocycles. The van der Waals surface area contributed by atoms with E-state index in [-0.39, 0.29) is 13.0 Å². The summed E-state index contributed by atoms with van der Waals surface area (Å²) >= 11 is 0. The first-order chi connectivity index (χ1) is 11.5. The van der Waals surface area contributed by atoms with Crippen LogP contribution in [0.15, 0.2) is 0 Å². The quantitative estimate of drug-likeness (QED) is 0.302. The second-order valence-corrected chi connectivity index (χ2v) is 5.62. The van der Waals surface area contributed by atoms with Gasteiger partial charge in [-0.15, -0.1) is 0 Å². The van der Waals surface area contributed by atoms with Crippen LogP contribution in [0.4, 0.5) is 0 Å². The van der Waals surface area contributed by atoms with E-state index >= 15 is 0 Å². The third-order valence-electron chi connectivity index (χ3n) is 3.70. The van der Waals surface area contributed by atoms with Gasteiger partial charge >= 0.3 is 11.9 Å². The topological polar surface area (TPSA) is 127 Å². The Bertz CT molecular complexity index is 382. The summed E-state index contributed by atoms with van der Waals surface area (Å²) in [6, 6.07) is 0. The maximum absolute atomic E-state index is 10.9. The number of hydrogen-bond acceptors (Lipinski definition) is 6. The summed E-state index contributed by atoms with van der Waals surface area (Å²) in [6.45, 7) is 0.715. The van der Waals surface area contributed by atoms with E-state index in [2.05, 4.69) is 4.74 Å². The van der Waals surface area contributed by atoms with Crippen molar-refractivity contribution in [3.63, 3.8) is 0 Å². The highest BCUT2D eigenvalue weighted by Gasteiger charge is 2.20. The lowest BCUT2D eigenvalue weighted by Gasteiger charge is -2.13. The average Bonchev–Trinajstić information content (AvgIpc) is 2.53. The second kappa shape index (κ2) is 14.5. The Balaban J connectivity index is 3.67. The molecule has 0 aromatic rings. The van der Waals surface area contributed by atoms with Crippen molar-refractivity contribution in [3.8, 4) is 0 Å². The highest BCUT2D eigenvalue weighted by atomic mass is 16.6. The Labute approximate surface area is 141 Å². The Kier molecular flexibility index (Phi) is 13.2. The van der Waals surface area contributed by atoms with Crippen molar-refractivity contribution < 1.29 is 38.9 Å². The van der Waals surface area contributed by atoms with Gasteiger partial charge in [0, 0.05) is 0 Å². The summed E-state index contributed by atoms with van der Waals surface area (Å²) < 4.78 is 9.37. The first-order valence-corrected chi connectivity index (χ1v) is 8.10. The molecule has 2 unspecified atom stereocenters. The summed E-state index contributed by atoms with van der Waals surface area (Å²) in [5.41, 5.74) is 0. The van der Waals surface area contributed by atoms with Crippen molar-refractivity contribution in [1.82, 2.24) is 0 Å². The number of ether oxygens (including phenoxy) is 2. The molecule has 0 aliphatic heterocycles. The number of unbranched alkanes of at least 4 members (excludes halogenated alkanes) is 5. The van der Waals surface area contributed by atoms with Crippen LogP contribution in [0, 0.1) is 5.92 Å². The molecule has 0 aliphatic carbocycles. The van der Waals surface area contributed by atoms with Crippen molar-refractivity contribution in [2.45, 2.75) is 63.9 Å². The van der Waals surface area contributed by atoms with Gasteiger partial charge in [0.1, 0.15) is 12.7 Å². The number of hydrogen-bond donors (Lipinski definition) is 2. The molecule has 8 nitrogen and oxygen atoms in total. The van der Waals surface area contributed by atoms with E-state index in [4.69, 9.17) is 14.9 Å². The number of aliphatic carboxylic acids is 2. The van der Waals surface area contributed by atoms with E-state index in [1.54, 1.807) is 0 Å². The fourth-order valence-electron chi connectivity index (χ4n) is 2.41. The molecule has 0 aromatic heterocycles. The van der Waals surface area contributed by atoms with Gasteiger partial charge in [-0.3, -0.25) is 19.2 Å². The van der Waals surface area contributed by atoms with Gasteiger partial charge in [-0.05, 0) is 19.3 Å². The van der Waals surface area contributed by atoms with Crippen LogP contribution >= 0.6 is 0 Å². The van der Waals surface area contributed by atoms with Gasteiger partial charge in [-0.1, -0.05) is 32.1 Å². The number of rotatable bonds is 17. The van der Waals surface area contributed by atoms with Gasteiger partial charge in [0.05, 0.1) is 12.3 Å². The number of carboxylic acids is 2. The molecular weight excluding hydrogens is 320 g/mol. The summed E-state index contributed by atoms with van der Waals surface area (Å²) in [4.78, 5) is 41.9. The first kappa shape index (κ1) is 21.9. The zero-order chi connectivity index (χ0) is 18.2. The van der Waals surface area contributed by atoms with Crippen LogP contribution < -0.4 is 0 Å². The molecule has 0 spiro atoms. The minimum atomic E-state index is -1.09. The summed E-state index contributed by atoms with van der Waals surface area (Å²) in [7, 11) is 0. The molecule has 0 fully saturated rings. The van der Waals surface area contributed by atoms with Gasteiger partial charge in [0.25, 0.3) is 12.9 Å². The highest BCUT2D eigenvalue weighted by Crippen LogP contribution is 2.16. The van der Waals surface area contributed by atoms with Crippen molar-refractivity contribution >= 4 is 24.9 Å². The minimum absolute atomic E-state index is 0.0579. The van der Waals surface area contributed by atoms with Crippen LogP contribution in [0.5, 0.6) is 0 Å². The lowest BCUT2D eigenvalue weighted by Crippen LogP contribution is -2.19. The smallest absolute Gasteiger partial charge is 0.307 e. The molecule has 0 rings (SSSR count). The van der Waals surface area contributed by atoms with Crippen LogP contribution in [-0.4, -0.2) is 47.8 Å². The van der Waals surface area contributed by atoms with Gasteiger partial charge in [0.2, 0.25) is 0 Å². The third kappa shape index (κ3) is 12.4. The molecule has 0 bridgehead atoms. The molecule has 2 atom stereocenters. The molecule has 8 heteroatoms. The highest BCUT2D eigenvalue weighted by molar-refractivity contribution is 5.77. The third-order valence-corrected chi connectivity index (χ3v) is 3.70. The van der Waals surface area contributed by atoms with Crippen molar-refractivity contribution in [1.29, 1.82) is 0 Å². The predicted octanol–water partition coefficient (Wildman–Crippen LogP) is 2.00. The van der Waals surface area contributed by atoms with Crippen LogP contribution in [0.3, 0.4) is 0 Å². The van der Waals surface area contributed by atoms with Crippen LogP contribution in [0.1, 0.15) is 57.8 Å². The van der Waals surface area contributed by atoms with Crippen molar-refractivity contribution in [3.05, 3.63) is 0 Å². The molecule has 0 heterocycles. The van der Waals surface area contributed by atoms with Crippen molar-refractivity contribution in [2.75, 3.05) is 6.61 Å². The van der Waals surface area contributed by atoms with E-state index in [0.717, 1.165) is 32.1 Å². The Morgan fingerprint density at radius 2 is 1.46 bits per heavy atom. The summed E-state index contributed by atoms with van der Waals surface area (Å²) in [5, 5.41) is 17.6. The molecule has 0 radical (unpaired) electrons. The number of carbonyl (C=O) groups excluding carboxylic acids is 2. The maximum atomic E-state index is 10.9. The molecule has 0 saturated carbocycles. The van der Waals surface area contributed by atoms with Crippen LogP contribution in [0.2, 0.25) is 0 Å². The number of carbonyl (C=O) groups is 4. The monoisotopic (exact) mass is 346 g/mol.